The van der Waals surface area contributed by atoms with E-state index < -0.39 is 5.97 Å². The maximum absolute atomic E-state index is 13.2. The van der Waals surface area contributed by atoms with Gasteiger partial charge in [-0.25, -0.2) is 9.78 Å². The van der Waals surface area contributed by atoms with Gasteiger partial charge in [0, 0.05) is 21.0 Å². The van der Waals surface area contributed by atoms with Gasteiger partial charge in [-0.05, 0) is 73.9 Å². The highest BCUT2D eigenvalue weighted by Crippen LogP contribution is 2.31. The molecule has 4 aromatic rings. The molecular weight excluding hydrogens is 494 g/mol. The number of aryl methyl sites for hydroxylation is 3. The van der Waals surface area contributed by atoms with Crippen molar-refractivity contribution < 1.29 is 19.1 Å². The highest BCUT2D eigenvalue weighted by atomic mass is 79.9. The molecule has 1 aromatic heterocycles. The van der Waals surface area contributed by atoms with Gasteiger partial charge in [-0.2, -0.15) is 0 Å². The van der Waals surface area contributed by atoms with Gasteiger partial charge in [0.15, 0.2) is 12.4 Å². The number of methoxy groups -OCH3 is 1. The summed E-state index contributed by atoms with van der Waals surface area (Å²) < 4.78 is 11.6. The van der Waals surface area contributed by atoms with Crippen molar-refractivity contribution in [2.24, 2.45) is 0 Å². The van der Waals surface area contributed by atoms with Crippen molar-refractivity contribution in [1.29, 1.82) is 0 Å². The van der Waals surface area contributed by atoms with E-state index in [1.54, 1.807) is 19.2 Å². The number of hydrogen-bond acceptors (Lipinski definition) is 5. The van der Waals surface area contributed by atoms with Crippen LogP contribution in [0.5, 0.6) is 5.75 Å². The molecule has 0 N–H and O–H groups in total. The summed E-state index contributed by atoms with van der Waals surface area (Å²) in [4.78, 5) is 30.7. The molecule has 172 valence electrons. The number of fused-ring (bicyclic) bond motifs is 1. The van der Waals surface area contributed by atoms with E-state index in [2.05, 4.69) is 15.9 Å². The molecular formula is C28H24BrNO4. The van der Waals surface area contributed by atoms with Gasteiger partial charge in [-0.1, -0.05) is 40.2 Å². The Balaban J connectivity index is 1.71. The average Bonchev–Trinajstić information content (AvgIpc) is 2.83. The number of ketones is 1. The first-order chi connectivity index (χ1) is 16.3. The fourth-order valence-corrected chi connectivity index (χ4v) is 4.33. The minimum absolute atomic E-state index is 0.250. The van der Waals surface area contributed by atoms with Crippen molar-refractivity contribution in [1.82, 2.24) is 4.98 Å². The SMILES string of the molecule is COc1cccc(-c2cc(C(=O)OCC(=O)c3ccc(C)c(C)c3)c3cc(Br)cc(C)c3n2)c1. The lowest BCUT2D eigenvalue weighted by Gasteiger charge is -2.13. The van der Waals surface area contributed by atoms with E-state index in [4.69, 9.17) is 14.5 Å². The molecule has 0 spiro atoms. The first-order valence-corrected chi connectivity index (χ1v) is 11.6. The van der Waals surface area contributed by atoms with E-state index in [1.807, 2.05) is 69.3 Å². The molecule has 34 heavy (non-hydrogen) atoms. The molecule has 0 bridgehead atoms. The second-order valence-electron chi connectivity index (χ2n) is 8.20. The van der Waals surface area contributed by atoms with Crippen molar-refractivity contribution in [2.45, 2.75) is 20.8 Å². The number of halogens is 1. The molecule has 0 saturated heterocycles. The lowest BCUT2D eigenvalue weighted by atomic mass is 10.0. The molecule has 0 saturated carbocycles. The van der Waals surface area contributed by atoms with Crippen molar-refractivity contribution in [3.05, 3.63) is 93.0 Å². The van der Waals surface area contributed by atoms with Crippen molar-refractivity contribution >= 4 is 38.6 Å². The molecule has 0 aliphatic rings. The Labute approximate surface area is 206 Å². The van der Waals surface area contributed by atoms with Crippen LogP contribution in [0.3, 0.4) is 0 Å². The average molecular weight is 518 g/mol. The number of carbonyl (C=O) groups is 2. The molecule has 1 heterocycles. The molecule has 0 radical (unpaired) electrons. The van der Waals surface area contributed by atoms with E-state index >= 15 is 0 Å². The third-order valence-electron chi connectivity index (χ3n) is 5.82. The number of esters is 1. The lowest BCUT2D eigenvalue weighted by molar-refractivity contribution is 0.0476. The molecule has 5 nitrogen and oxygen atoms in total. The van der Waals surface area contributed by atoms with Gasteiger partial charge in [0.25, 0.3) is 0 Å². The summed E-state index contributed by atoms with van der Waals surface area (Å²) in [6, 6.07) is 18.4. The maximum atomic E-state index is 13.2. The predicted molar refractivity (Wildman–Crippen MR) is 137 cm³/mol. The molecule has 6 heteroatoms. The number of benzene rings is 3. The monoisotopic (exact) mass is 517 g/mol. The number of hydrogen-bond donors (Lipinski definition) is 0. The Kier molecular flexibility index (Phi) is 6.80. The number of nitrogens with zero attached hydrogens (tertiary/aromatic N) is 1. The molecule has 0 atom stereocenters. The predicted octanol–water partition coefficient (Wildman–Crippen LogP) is 6.64. The van der Waals surface area contributed by atoms with E-state index in [9.17, 15) is 9.59 Å². The van der Waals surface area contributed by atoms with E-state index in [1.165, 1.54) is 0 Å². The van der Waals surface area contributed by atoms with Crippen LogP contribution in [-0.4, -0.2) is 30.5 Å². The lowest BCUT2D eigenvalue weighted by Crippen LogP contribution is -2.15. The first kappa shape index (κ1) is 23.6. The molecule has 0 fully saturated rings. The zero-order valence-corrected chi connectivity index (χ0v) is 21.0. The minimum Gasteiger partial charge on any atom is -0.497 e. The van der Waals surface area contributed by atoms with Gasteiger partial charge in [-0.15, -0.1) is 0 Å². The molecule has 0 unspecified atom stereocenters. The molecule has 0 aliphatic heterocycles. The highest BCUT2D eigenvalue weighted by molar-refractivity contribution is 9.10. The summed E-state index contributed by atoms with van der Waals surface area (Å²) in [5.74, 6) is -0.138. The largest absolute Gasteiger partial charge is 0.497 e. The number of Topliss-reactive ketones (excluding diaryl/α,β-unsaturated/α-hetero) is 1. The number of aromatic nitrogens is 1. The zero-order valence-electron chi connectivity index (χ0n) is 19.4. The van der Waals surface area contributed by atoms with Gasteiger partial charge in [0.1, 0.15) is 5.75 Å². The van der Waals surface area contributed by atoms with Gasteiger partial charge >= 0.3 is 5.97 Å². The standard InChI is InChI=1S/C28H24BrNO4/c1-16-8-9-20(10-17(16)2)26(31)15-34-28(32)24-14-25(19-6-5-7-22(12-19)33-4)30-27-18(3)11-21(29)13-23(24)27/h5-14H,15H2,1-4H3. The minimum atomic E-state index is -0.578. The maximum Gasteiger partial charge on any atom is 0.339 e. The van der Waals surface area contributed by atoms with E-state index in [0.717, 1.165) is 26.7 Å². The normalized spacial score (nSPS) is 10.9. The van der Waals surface area contributed by atoms with Crippen molar-refractivity contribution in [2.75, 3.05) is 13.7 Å². The summed E-state index contributed by atoms with van der Waals surface area (Å²) >= 11 is 3.50. The van der Waals surface area contributed by atoms with Crippen molar-refractivity contribution in [3.8, 4) is 17.0 Å². The molecule has 0 aliphatic carbocycles. The number of rotatable bonds is 6. The highest BCUT2D eigenvalue weighted by Gasteiger charge is 2.19. The van der Waals surface area contributed by atoms with Crippen LogP contribution in [0.1, 0.15) is 37.4 Å². The van der Waals surface area contributed by atoms with E-state index in [0.29, 0.717) is 33.5 Å². The number of carbonyl (C=O) groups excluding carboxylic acids is 2. The second kappa shape index (κ2) is 9.77. The zero-order chi connectivity index (χ0) is 24.4. The quantitative estimate of drug-likeness (QED) is 0.212. The van der Waals surface area contributed by atoms with Crippen LogP contribution in [0, 0.1) is 20.8 Å². The fraction of sp³-hybridized carbons (Fsp3) is 0.179. The third-order valence-corrected chi connectivity index (χ3v) is 6.28. The topological polar surface area (TPSA) is 65.5 Å². The summed E-state index contributed by atoms with van der Waals surface area (Å²) in [5.41, 5.74) is 6.01. The van der Waals surface area contributed by atoms with Crippen LogP contribution in [-0.2, 0) is 4.74 Å². The van der Waals surface area contributed by atoms with Crippen LogP contribution in [0.25, 0.3) is 22.2 Å². The Bertz CT molecular complexity index is 1430. The molecule has 4 rings (SSSR count). The Morgan fingerprint density at radius 2 is 1.71 bits per heavy atom. The number of ether oxygens (including phenoxy) is 2. The smallest absolute Gasteiger partial charge is 0.339 e. The van der Waals surface area contributed by atoms with Gasteiger partial charge in [0.05, 0.1) is 23.9 Å². The van der Waals surface area contributed by atoms with Gasteiger partial charge < -0.3 is 9.47 Å². The fourth-order valence-electron chi connectivity index (χ4n) is 3.76. The third kappa shape index (κ3) is 4.87. The van der Waals surface area contributed by atoms with Gasteiger partial charge in [0.2, 0.25) is 0 Å². The van der Waals surface area contributed by atoms with Crippen LogP contribution in [0.2, 0.25) is 0 Å². The van der Waals surface area contributed by atoms with E-state index in [-0.39, 0.29) is 12.4 Å². The summed E-state index contributed by atoms with van der Waals surface area (Å²) in [6.07, 6.45) is 0. The second-order valence-corrected chi connectivity index (χ2v) is 9.12. The summed E-state index contributed by atoms with van der Waals surface area (Å²) in [7, 11) is 1.60. The Morgan fingerprint density at radius 3 is 2.44 bits per heavy atom. The van der Waals surface area contributed by atoms with Crippen LogP contribution < -0.4 is 4.74 Å². The Hall–Kier alpha value is -3.51. The van der Waals surface area contributed by atoms with Crippen molar-refractivity contribution in [3.63, 3.8) is 0 Å². The number of pyridine rings is 1. The Morgan fingerprint density at radius 1 is 0.912 bits per heavy atom. The summed E-state index contributed by atoms with van der Waals surface area (Å²) in [5, 5.41) is 0.655. The first-order valence-electron chi connectivity index (χ1n) is 10.8. The molecule has 3 aromatic carbocycles. The molecule has 0 amide bonds. The summed E-state index contributed by atoms with van der Waals surface area (Å²) in [6.45, 7) is 5.53. The van der Waals surface area contributed by atoms with Crippen LogP contribution >= 0.6 is 15.9 Å². The van der Waals surface area contributed by atoms with Gasteiger partial charge in [-0.3, -0.25) is 4.79 Å². The van der Waals surface area contributed by atoms with Crippen LogP contribution in [0.4, 0.5) is 0 Å². The van der Waals surface area contributed by atoms with Crippen LogP contribution in [0.15, 0.2) is 65.1 Å².